The van der Waals surface area contributed by atoms with Crippen LogP contribution >= 0.6 is 0 Å². The van der Waals surface area contributed by atoms with E-state index in [2.05, 4.69) is 16.9 Å². The molecule has 0 saturated carbocycles. The second-order valence-electron chi connectivity index (χ2n) is 5.73. The van der Waals surface area contributed by atoms with Gasteiger partial charge in [0.2, 0.25) is 0 Å². The fourth-order valence-corrected chi connectivity index (χ4v) is 2.93. The first kappa shape index (κ1) is 14.1. The average Bonchev–Trinajstić information content (AvgIpc) is 2.50. The minimum atomic E-state index is -0.206. The third-order valence-electron chi connectivity index (χ3n) is 4.11. The molecule has 0 radical (unpaired) electrons. The van der Waals surface area contributed by atoms with E-state index in [1.165, 1.54) is 25.0 Å². The van der Waals surface area contributed by atoms with Crippen LogP contribution in [-0.4, -0.2) is 28.5 Å². The van der Waals surface area contributed by atoms with Gasteiger partial charge in [0.15, 0.2) is 0 Å². The van der Waals surface area contributed by atoms with Crippen molar-refractivity contribution in [3.8, 4) is 0 Å². The maximum Gasteiger partial charge on any atom is 0.123 e. The Balaban J connectivity index is 1.78. The van der Waals surface area contributed by atoms with Crippen molar-refractivity contribution in [1.29, 1.82) is 0 Å². The third-order valence-corrected chi connectivity index (χ3v) is 4.11. The summed E-state index contributed by atoms with van der Waals surface area (Å²) in [5.74, 6) is -0.206. The lowest BCUT2D eigenvalue weighted by Crippen LogP contribution is -2.30. The Hall–Kier alpha value is -1.81. The zero-order chi connectivity index (χ0) is 14.7. The predicted octanol–water partition coefficient (Wildman–Crippen LogP) is 3.36. The molecule has 1 aromatic heterocycles. The average molecular weight is 285 g/mol. The first-order valence-electron chi connectivity index (χ1n) is 7.48. The van der Waals surface area contributed by atoms with Crippen LogP contribution in [0, 0.1) is 5.82 Å². The number of hydrogen-bond acceptors (Lipinski definition) is 3. The van der Waals surface area contributed by atoms with E-state index in [0.29, 0.717) is 12.5 Å². The molecular weight excluding hydrogens is 265 g/mol. The van der Waals surface area contributed by atoms with Gasteiger partial charge in [-0.2, -0.15) is 0 Å². The van der Waals surface area contributed by atoms with Gasteiger partial charge in [-0.25, -0.2) is 4.39 Å². The van der Waals surface area contributed by atoms with Crippen LogP contribution in [0.2, 0.25) is 0 Å². The number of likely N-dealkylation sites (tertiary alicyclic amines) is 1. The van der Waals surface area contributed by atoms with Crippen molar-refractivity contribution in [3.05, 3.63) is 59.4 Å². The van der Waals surface area contributed by atoms with Gasteiger partial charge >= 0.3 is 0 Å². The molecule has 3 rings (SSSR count). The summed E-state index contributed by atoms with van der Waals surface area (Å²) in [6, 6.07) is 6.95. The van der Waals surface area contributed by atoms with E-state index in [1.807, 2.05) is 6.20 Å². The summed E-state index contributed by atoms with van der Waals surface area (Å²) in [6.07, 6.45) is 8.02. The van der Waals surface area contributed by atoms with E-state index in [0.717, 1.165) is 29.9 Å². The molecular formula is C17H20FN3. The molecule has 1 aromatic carbocycles. The maximum atomic E-state index is 12.9. The van der Waals surface area contributed by atoms with Crippen LogP contribution in [0.5, 0.6) is 0 Å². The van der Waals surface area contributed by atoms with Crippen LogP contribution in [-0.2, 0) is 6.42 Å². The number of benzene rings is 1. The fourth-order valence-electron chi connectivity index (χ4n) is 2.93. The summed E-state index contributed by atoms with van der Waals surface area (Å²) in [4.78, 5) is 11.5. The Morgan fingerprint density at radius 3 is 2.76 bits per heavy atom. The van der Waals surface area contributed by atoms with E-state index >= 15 is 0 Å². The maximum absolute atomic E-state index is 12.9. The molecule has 1 fully saturated rings. The lowest BCUT2D eigenvalue weighted by molar-refractivity contribution is 0.183. The monoisotopic (exact) mass is 285 g/mol. The van der Waals surface area contributed by atoms with Gasteiger partial charge in [0.25, 0.3) is 0 Å². The quantitative estimate of drug-likeness (QED) is 0.866. The van der Waals surface area contributed by atoms with Gasteiger partial charge in [-0.3, -0.25) is 14.9 Å². The van der Waals surface area contributed by atoms with Crippen molar-refractivity contribution in [3.63, 3.8) is 0 Å². The predicted molar refractivity (Wildman–Crippen MR) is 80.5 cm³/mol. The van der Waals surface area contributed by atoms with Crippen LogP contribution in [0.3, 0.4) is 0 Å². The van der Waals surface area contributed by atoms with Crippen molar-refractivity contribution in [2.75, 3.05) is 13.6 Å². The molecule has 21 heavy (non-hydrogen) atoms. The Morgan fingerprint density at radius 1 is 1.19 bits per heavy atom. The zero-order valence-corrected chi connectivity index (χ0v) is 12.3. The summed E-state index contributed by atoms with van der Waals surface area (Å²) in [5, 5.41) is 0. The van der Waals surface area contributed by atoms with Crippen LogP contribution in [0.25, 0.3) is 0 Å². The van der Waals surface area contributed by atoms with Crippen molar-refractivity contribution >= 4 is 0 Å². The molecule has 3 nitrogen and oxygen atoms in total. The standard InChI is InChI=1S/C17H20FN3/c1-21-9-3-2-4-17(21)16-12-19-11-15(20-16)10-13-5-7-14(18)8-6-13/h5-8,11-12,17H,2-4,9-10H2,1H3. The van der Waals surface area contributed by atoms with Crippen molar-refractivity contribution in [2.45, 2.75) is 31.7 Å². The number of hydrogen-bond donors (Lipinski definition) is 0. The molecule has 2 aromatic rings. The van der Waals surface area contributed by atoms with Crippen LogP contribution in [0.15, 0.2) is 36.7 Å². The van der Waals surface area contributed by atoms with Crippen molar-refractivity contribution in [2.24, 2.45) is 0 Å². The topological polar surface area (TPSA) is 29.0 Å². The number of rotatable bonds is 3. The Labute approximate surface area is 124 Å². The summed E-state index contributed by atoms with van der Waals surface area (Å²) >= 11 is 0. The summed E-state index contributed by atoms with van der Waals surface area (Å²) in [5.41, 5.74) is 3.05. The zero-order valence-electron chi connectivity index (χ0n) is 12.3. The number of piperidine rings is 1. The molecule has 1 saturated heterocycles. The van der Waals surface area contributed by atoms with Gasteiger partial charge in [0.1, 0.15) is 5.82 Å². The molecule has 0 spiro atoms. The van der Waals surface area contributed by atoms with E-state index in [1.54, 1.807) is 18.3 Å². The van der Waals surface area contributed by atoms with Crippen LogP contribution in [0.1, 0.15) is 42.3 Å². The molecule has 1 unspecified atom stereocenters. The Morgan fingerprint density at radius 2 is 2.00 bits per heavy atom. The molecule has 1 aliphatic heterocycles. The lowest BCUT2D eigenvalue weighted by Gasteiger charge is -2.31. The van der Waals surface area contributed by atoms with Crippen molar-refractivity contribution in [1.82, 2.24) is 14.9 Å². The van der Waals surface area contributed by atoms with Crippen LogP contribution < -0.4 is 0 Å². The van der Waals surface area contributed by atoms with Crippen molar-refractivity contribution < 1.29 is 4.39 Å². The molecule has 0 bridgehead atoms. The lowest BCUT2D eigenvalue weighted by atomic mass is 10.00. The third kappa shape index (κ3) is 3.45. The minimum Gasteiger partial charge on any atom is -0.298 e. The fraction of sp³-hybridized carbons (Fsp3) is 0.412. The number of halogens is 1. The molecule has 110 valence electrons. The largest absolute Gasteiger partial charge is 0.298 e. The number of aromatic nitrogens is 2. The van der Waals surface area contributed by atoms with E-state index in [9.17, 15) is 4.39 Å². The smallest absolute Gasteiger partial charge is 0.123 e. The molecule has 1 aliphatic rings. The Bertz CT molecular complexity index is 597. The van der Waals surface area contributed by atoms with Gasteiger partial charge in [-0.1, -0.05) is 18.6 Å². The van der Waals surface area contributed by atoms with Gasteiger partial charge in [-0.05, 0) is 44.1 Å². The second-order valence-corrected chi connectivity index (χ2v) is 5.73. The summed E-state index contributed by atoms with van der Waals surface area (Å²) in [6.45, 7) is 1.12. The normalized spacial score (nSPS) is 19.6. The van der Waals surface area contributed by atoms with Gasteiger partial charge in [0, 0.05) is 18.8 Å². The molecule has 4 heteroatoms. The highest BCUT2D eigenvalue weighted by atomic mass is 19.1. The minimum absolute atomic E-state index is 0.206. The molecule has 0 aliphatic carbocycles. The van der Waals surface area contributed by atoms with E-state index in [-0.39, 0.29) is 5.82 Å². The number of nitrogens with zero attached hydrogens (tertiary/aromatic N) is 3. The molecule has 2 heterocycles. The van der Waals surface area contributed by atoms with Gasteiger partial charge in [-0.15, -0.1) is 0 Å². The highest BCUT2D eigenvalue weighted by molar-refractivity contribution is 5.22. The molecule has 0 amide bonds. The first-order valence-corrected chi connectivity index (χ1v) is 7.48. The molecule has 0 N–H and O–H groups in total. The highest BCUT2D eigenvalue weighted by Gasteiger charge is 2.22. The summed E-state index contributed by atoms with van der Waals surface area (Å²) in [7, 11) is 2.15. The Kier molecular flexibility index (Phi) is 4.25. The summed E-state index contributed by atoms with van der Waals surface area (Å²) < 4.78 is 12.9. The van der Waals surface area contributed by atoms with E-state index < -0.39 is 0 Å². The van der Waals surface area contributed by atoms with Crippen LogP contribution in [0.4, 0.5) is 4.39 Å². The SMILES string of the molecule is CN1CCCCC1c1cncc(Cc2ccc(F)cc2)n1. The van der Waals surface area contributed by atoms with Gasteiger partial charge < -0.3 is 0 Å². The highest BCUT2D eigenvalue weighted by Crippen LogP contribution is 2.27. The second kappa shape index (κ2) is 6.31. The first-order chi connectivity index (χ1) is 10.2. The van der Waals surface area contributed by atoms with E-state index in [4.69, 9.17) is 4.98 Å². The van der Waals surface area contributed by atoms with Gasteiger partial charge in [0.05, 0.1) is 17.4 Å². The molecule has 1 atom stereocenters.